The van der Waals surface area contributed by atoms with Crippen molar-refractivity contribution in [1.29, 1.82) is 0 Å². The first-order valence-electron chi connectivity index (χ1n) is 19.2. The third-order valence-electron chi connectivity index (χ3n) is 12.8. The van der Waals surface area contributed by atoms with Crippen LogP contribution in [0, 0.1) is 0 Å². The molecular weight excluding hydrogens is 501 g/mol. The molecule has 6 aliphatic rings. The molecule has 0 bridgehead atoms. The van der Waals surface area contributed by atoms with Gasteiger partial charge in [-0.15, -0.1) is 0 Å². The minimum Gasteiger partial charge on any atom is -0.505 e. The van der Waals surface area contributed by atoms with E-state index in [1.165, 1.54) is 193 Å². The molecule has 6 fully saturated rings. The van der Waals surface area contributed by atoms with Gasteiger partial charge in [-0.3, -0.25) is 0 Å². The molecule has 0 saturated heterocycles. The van der Waals surface area contributed by atoms with E-state index in [0.717, 1.165) is 36.3 Å². The van der Waals surface area contributed by atoms with E-state index in [-0.39, 0.29) is 0 Å². The molecule has 40 heavy (non-hydrogen) atoms. The van der Waals surface area contributed by atoms with Crippen LogP contribution in [-0.4, -0.2) is 62.7 Å². The Morgan fingerprint density at radius 1 is 0.225 bits per heavy atom. The van der Waals surface area contributed by atoms with Gasteiger partial charge >= 0.3 is 0 Å². The van der Waals surface area contributed by atoms with E-state index in [9.17, 15) is 0 Å². The van der Waals surface area contributed by atoms with Crippen LogP contribution in [0.15, 0.2) is 0 Å². The summed E-state index contributed by atoms with van der Waals surface area (Å²) in [6, 6.07) is 5.40. The second-order valence-corrected chi connectivity index (χ2v) is 17.9. The van der Waals surface area contributed by atoms with Gasteiger partial charge < -0.3 is 11.7 Å². The molecule has 4 heteroatoms. The summed E-state index contributed by atoms with van der Waals surface area (Å²) in [5.74, 6) is 0. The normalized spacial score (nSPS) is 28.8. The summed E-state index contributed by atoms with van der Waals surface area (Å²) in [6.07, 6.45) is 45.4. The summed E-state index contributed by atoms with van der Waals surface area (Å²) < 4.78 is 10.5. The van der Waals surface area contributed by atoms with Crippen LogP contribution in [0.25, 0.3) is 0 Å². The fourth-order valence-corrected chi connectivity index (χ4v) is 15.7. The minimum atomic E-state index is -1.52. The summed E-state index contributed by atoms with van der Waals surface area (Å²) in [7, 11) is 0. The molecular formula is C36H66AlN3-. The Bertz CT molecular complexity index is 546. The fourth-order valence-electron chi connectivity index (χ4n) is 10.8. The van der Waals surface area contributed by atoms with Crippen molar-refractivity contribution in [3.8, 4) is 0 Å². The fraction of sp³-hybridized carbons (Fsp3) is 1.00. The van der Waals surface area contributed by atoms with Gasteiger partial charge in [0.2, 0.25) is 0 Å². The van der Waals surface area contributed by atoms with Gasteiger partial charge in [0.1, 0.15) is 0 Å². The van der Waals surface area contributed by atoms with E-state index >= 15 is 0 Å². The van der Waals surface area contributed by atoms with Crippen LogP contribution < -0.4 is 0 Å². The Balaban J connectivity index is 1.45. The number of nitrogens with zero attached hydrogens (tertiary/aromatic N) is 3. The Kier molecular flexibility index (Phi) is 12.1. The quantitative estimate of drug-likeness (QED) is 0.257. The highest BCUT2D eigenvalue weighted by atomic mass is 27.2. The van der Waals surface area contributed by atoms with Gasteiger partial charge in [0.15, 0.2) is 0 Å². The molecule has 0 aromatic heterocycles. The highest BCUT2D eigenvalue weighted by Gasteiger charge is 2.43. The van der Waals surface area contributed by atoms with Gasteiger partial charge in [-0.25, -0.2) is 0 Å². The molecule has 3 nitrogen and oxygen atoms in total. The van der Waals surface area contributed by atoms with E-state index in [4.69, 9.17) is 0 Å². The molecule has 229 valence electrons. The zero-order valence-electron chi connectivity index (χ0n) is 26.6. The zero-order valence-corrected chi connectivity index (χ0v) is 27.8. The molecule has 1 radical (unpaired) electrons. The van der Waals surface area contributed by atoms with Crippen LogP contribution in [0.5, 0.6) is 0 Å². The van der Waals surface area contributed by atoms with E-state index < -0.39 is 14.8 Å². The molecule has 6 rings (SSSR count). The smallest absolute Gasteiger partial charge is 0.280 e. The highest BCUT2D eigenvalue weighted by molar-refractivity contribution is 6.50. The first-order valence-corrected chi connectivity index (χ1v) is 20.8. The van der Waals surface area contributed by atoms with Crippen LogP contribution >= 0.6 is 0 Å². The van der Waals surface area contributed by atoms with Gasteiger partial charge in [-0.05, 0) is 113 Å². The lowest BCUT2D eigenvalue weighted by Crippen LogP contribution is -2.75. The molecule has 6 saturated carbocycles. The maximum atomic E-state index is 3.50. The molecule has 0 aromatic carbocycles. The summed E-state index contributed by atoms with van der Waals surface area (Å²) in [4.78, 5) is 0. The van der Waals surface area contributed by atoms with Crippen molar-refractivity contribution in [2.75, 3.05) is 0 Å². The predicted molar refractivity (Wildman–Crippen MR) is 173 cm³/mol. The van der Waals surface area contributed by atoms with Crippen molar-refractivity contribution in [1.82, 2.24) is 11.7 Å². The van der Waals surface area contributed by atoms with Crippen LogP contribution in [-0.2, 0) is 0 Å². The Morgan fingerprint density at radius 3 is 0.525 bits per heavy atom. The number of rotatable bonds is 9. The average molecular weight is 568 g/mol. The van der Waals surface area contributed by atoms with Gasteiger partial charge in [0.05, 0.1) is 0 Å². The van der Waals surface area contributed by atoms with Crippen LogP contribution in [0.1, 0.15) is 193 Å². The van der Waals surface area contributed by atoms with E-state index in [1.54, 1.807) is 0 Å². The van der Waals surface area contributed by atoms with E-state index in [2.05, 4.69) is 11.7 Å². The van der Waals surface area contributed by atoms with Gasteiger partial charge in [0.25, 0.3) is 14.8 Å². The third-order valence-corrected chi connectivity index (χ3v) is 16.9. The van der Waals surface area contributed by atoms with Crippen molar-refractivity contribution < 1.29 is 0 Å². The van der Waals surface area contributed by atoms with Crippen molar-refractivity contribution in [3.63, 3.8) is 0 Å². The van der Waals surface area contributed by atoms with Gasteiger partial charge in [-0.1, -0.05) is 116 Å². The summed E-state index contributed by atoms with van der Waals surface area (Å²) >= 11 is -1.52. The number of hydrogen-bond donors (Lipinski definition) is 0. The lowest BCUT2D eigenvalue weighted by Gasteiger charge is -2.69. The third kappa shape index (κ3) is 7.55. The molecule has 0 N–H and O–H groups in total. The molecule has 0 aromatic rings. The summed E-state index contributed by atoms with van der Waals surface area (Å²) in [5, 5.41) is 0. The largest absolute Gasteiger partial charge is 0.505 e. The van der Waals surface area contributed by atoms with Gasteiger partial charge in [0, 0.05) is 0 Å². The predicted octanol–water partition coefficient (Wildman–Crippen LogP) is 9.87. The SMILES string of the molecule is C1CCC([N](C2CCCCC2)[Al-]([N](C2CCCCC2)C2CCCCC2)[N](C2CCCCC2)C2CCCCC2)CC1. The summed E-state index contributed by atoms with van der Waals surface area (Å²) in [6.45, 7) is 0. The molecule has 0 unspecified atom stereocenters. The topological polar surface area (TPSA) is 9.72 Å². The van der Waals surface area contributed by atoms with E-state index in [0.29, 0.717) is 0 Å². The first-order chi connectivity index (χ1) is 19.9. The first kappa shape index (κ1) is 30.4. The maximum Gasteiger partial charge on any atom is 0.280 e. The molecule has 0 atom stereocenters. The molecule has 0 heterocycles. The lowest BCUT2D eigenvalue weighted by molar-refractivity contribution is 0.0553. The van der Waals surface area contributed by atoms with Crippen molar-refractivity contribution >= 4 is 14.8 Å². The zero-order chi connectivity index (χ0) is 27.0. The highest BCUT2D eigenvalue weighted by Crippen LogP contribution is 2.41. The number of hydrogen-bond acceptors (Lipinski definition) is 3. The Morgan fingerprint density at radius 2 is 0.375 bits per heavy atom. The molecule has 6 aliphatic carbocycles. The van der Waals surface area contributed by atoms with Crippen molar-refractivity contribution in [2.24, 2.45) is 0 Å². The standard InChI is InChI=1S/3C12H22N.Al/c3*1-3-7-11(8-4-1)13-12-9-5-2-6-10-12;/h3*11-12H,1-10H2;/q3*-1;+2. The van der Waals surface area contributed by atoms with E-state index in [1.807, 2.05) is 0 Å². The molecule has 0 amide bonds. The minimum absolute atomic E-state index is 0.901. The lowest BCUT2D eigenvalue weighted by atomic mass is 9.90. The monoisotopic (exact) mass is 568 g/mol. The molecule has 0 aliphatic heterocycles. The van der Waals surface area contributed by atoms with Crippen LogP contribution in [0.4, 0.5) is 0 Å². The second kappa shape index (κ2) is 15.9. The van der Waals surface area contributed by atoms with Crippen LogP contribution in [0.2, 0.25) is 0 Å². The molecule has 0 spiro atoms. The second-order valence-electron chi connectivity index (χ2n) is 15.4. The maximum absolute atomic E-state index is 3.50. The van der Waals surface area contributed by atoms with Crippen LogP contribution in [0.3, 0.4) is 0 Å². The average Bonchev–Trinajstić information content (AvgIpc) is 3.04. The van der Waals surface area contributed by atoms with Crippen molar-refractivity contribution in [3.05, 3.63) is 0 Å². The van der Waals surface area contributed by atoms with Gasteiger partial charge in [-0.2, -0.15) is 0 Å². The Labute approximate surface area is 254 Å². The summed E-state index contributed by atoms with van der Waals surface area (Å²) in [5.41, 5.74) is 0. The van der Waals surface area contributed by atoms with Crippen molar-refractivity contribution in [2.45, 2.75) is 229 Å². The Hall–Kier alpha value is 0.412.